The van der Waals surface area contributed by atoms with E-state index in [0.29, 0.717) is 0 Å². The Bertz CT molecular complexity index is 163. The molecule has 0 aromatic heterocycles. The Morgan fingerprint density at radius 1 is 1.30 bits per heavy atom. The van der Waals surface area contributed by atoms with Crippen molar-refractivity contribution in [2.24, 2.45) is 0 Å². The second-order valence-electron chi connectivity index (χ2n) is 1.48. The Morgan fingerprint density at radius 3 is 1.80 bits per heavy atom. The molecule has 1 radical (unpaired) electrons. The molecular formula is C5H6LiO4. The average Bonchev–Trinajstić information content (AvgIpc) is 1.63. The summed E-state index contributed by atoms with van der Waals surface area (Å²) in [4.78, 5) is 19.7. The van der Waals surface area contributed by atoms with Crippen LogP contribution in [0, 0.1) is 0 Å². The monoisotopic (exact) mass is 137 g/mol. The molecule has 10 heavy (non-hydrogen) atoms. The first-order chi connectivity index (χ1) is 4.04. The zero-order valence-corrected chi connectivity index (χ0v) is 5.63. The summed E-state index contributed by atoms with van der Waals surface area (Å²) < 4.78 is 0. The van der Waals surface area contributed by atoms with Crippen LogP contribution in [0.15, 0.2) is 12.2 Å². The second-order valence-corrected chi connectivity index (χ2v) is 1.48. The number of hydrogen-bond acceptors (Lipinski definition) is 2. The summed E-state index contributed by atoms with van der Waals surface area (Å²) in [6, 6.07) is 0. The Hall–Kier alpha value is -0.723. The van der Waals surface area contributed by atoms with Gasteiger partial charge >= 0.3 is 11.9 Å². The number of carboxylic acid groups (broad SMARTS) is 2. The third-order valence-electron chi connectivity index (χ3n) is 0.667. The van der Waals surface area contributed by atoms with E-state index in [1.54, 1.807) is 0 Å². The van der Waals surface area contributed by atoms with Crippen LogP contribution >= 0.6 is 0 Å². The van der Waals surface area contributed by atoms with Gasteiger partial charge in [-0.15, -0.1) is 0 Å². The minimum Gasteiger partial charge on any atom is -0.481 e. The summed E-state index contributed by atoms with van der Waals surface area (Å²) in [5.41, 5.74) is -0.303. The van der Waals surface area contributed by atoms with Crippen LogP contribution in [0.5, 0.6) is 0 Å². The molecule has 0 fully saturated rings. The normalized spacial score (nSPS) is 7.60. The van der Waals surface area contributed by atoms with Crippen LogP contribution in [0.1, 0.15) is 6.42 Å². The van der Waals surface area contributed by atoms with Crippen molar-refractivity contribution in [3.05, 3.63) is 12.2 Å². The molecule has 4 nitrogen and oxygen atoms in total. The Kier molecular flexibility index (Phi) is 6.11. The molecule has 51 valence electrons. The summed E-state index contributed by atoms with van der Waals surface area (Å²) in [6.07, 6.45) is -0.505. The molecule has 0 amide bonds. The first kappa shape index (κ1) is 12.0. The van der Waals surface area contributed by atoms with Gasteiger partial charge in [-0.05, 0) is 0 Å². The molecule has 0 heterocycles. The van der Waals surface area contributed by atoms with Gasteiger partial charge in [0.25, 0.3) is 0 Å². The first-order valence-corrected chi connectivity index (χ1v) is 2.17. The van der Waals surface area contributed by atoms with Crippen LogP contribution in [0.4, 0.5) is 0 Å². The summed E-state index contributed by atoms with van der Waals surface area (Å²) in [6.45, 7) is 3.01. The topological polar surface area (TPSA) is 74.6 Å². The van der Waals surface area contributed by atoms with Crippen molar-refractivity contribution in [1.29, 1.82) is 0 Å². The van der Waals surface area contributed by atoms with Gasteiger partial charge in [-0.3, -0.25) is 4.79 Å². The van der Waals surface area contributed by atoms with Gasteiger partial charge in [-0.25, -0.2) is 4.79 Å². The SMILES string of the molecule is C=C(CC(=O)O)C(=O)O.[Li]. The standard InChI is InChI=1S/C5H6O4.Li/c1-3(5(8)9)2-4(6)7;/h1-2H2,(H,6,7)(H,8,9);. The largest absolute Gasteiger partial charge is 0.481 e. The quantitative estimate of drug-likeness (QED) is 0.414. The van der Waals surface area contributed by atoms with Crippen molar-refractivity contribution in [2.45, 2.75) is 6.42 Å². The van der Waals surface area contributed by atoms with Gasteiger partial charge in [0.2, 0.25) is 0 Å². The van der Waals surface area contributed by atoms with E-state index in [1.165, 1.54) is 0 Å². The van der Waals surface area contributed by atoms with E-state index in [0.717, 1.165) is 0 Å². The maximum atomic E-state index is 9.87. The van der Waals surface area contributed by atoms with Crippen LogP contribution < -0.4 is 0 Å². The van der Waals surface area contributed by atoms with E-state index in [-0.39, 0.29) is 24.4 Å². The predicted molar refractivity (Wildman–Crippen MR) is 34.8 cm³/mol. The van der Waals surface area contributed by atoms with Crippen molar-refractivity contribution in [1.82, 2.24) is 0 Å². The third-order valence-corrected chi connectivity index (χ3v) is 0.667. The van der Waals surface area contributed by atoms with E-state index in [9.17, 15) is 9.59 Å². The van der Waals surface area contributed by atoms with E-state index < -0.39 is 18.4 Å². The molecule has 0 atom stereocenters. The molecule has 2 N–H and O–H groups in total. The maximum absolute atomic E-state index is 9.87. The van der Waals surface area contributed by atoms with Gasteiger partial charge in [0.1, 0.15) is 0 Å². The molecule has 0 aliphatic rings. The molecular weight excluding hydrogens is 131 g/mol. The maximum Gasteiger partial charge on any atom is 0.331 e. The van der Waals surface area contributed by atoms with E-state index in [2.05, 4.69) is 6.58 Å². The molecule has 0 saturated heterocycles. The number of carbonyl (C=O) groups is 2. The summed E-state index contributed by atoms with van der Waals surface area (Å²) in [7, 11) is 0. The molecule has 0 aromatic carbocycles. The Morgan fingerprint density at radius 2 is 1.70 bits per heavy atom. The fraction of sp³-hybridized carbons (Fsp3) is 0.200. The van der Waals surface area contributed by atoms with Gasteiger partial charge in [0.05, 0.1) is 6.42 Å². The number of rotatable bonds is 3. The van der Waals surface area contributed by atoms with Crippen LogP contribution in [-0.4, -0.2) is 41.0 Å². The van der Waals surface area contributed by atoms with Gasteiger partial charge in [-0.1, -0.05) is 6.58 Å². The smallest absolute Gasteiger partial charge is 0.331 e. The molecule has 0 rings (SSSR count). The van der Waals surface area contributed by atoms with E-state index >= 15 is 0 Å². The molecule has 0 spiro atoms. The van der Waals surface area contributed by atoms with Crippen LogP contribution in [0.2, 0.25) is 0 Å². The number of hydrogen-bond donors (Lipinski definition) is 2. The Labute approximate surface area is 69.7 Å². The zero-order valence-electron chi connectivity index (χ0n) is 5.63. The summed E-state index contributed by atoms with van der Waals surface area (Å²) in [5, 5.41) is 16.1. The van der Waals surface area contributed by atoms with Gasteiger partial charge in [0.15, 0.2) is 0 Å². The van der Waals surface area contributed by atoms with Gasteiger partial charge in [-0.2, -0.15) is 0 Å². The zero-order chi connectivity index (χ0) is 7.44. The average molecular weight is 137 g/mol. The van der Waals surface area contributed by atoms with E-state index in [1.807, 2.05) is 0 Å². The Balaban J connectivity index is 0. The fourth-order valence-electron chi connectivity index (χ4n) is 0.258. The van der Waals surface area contributed by atoms with Crippen molar-refractivity contribution in [3.8, 4) is 0 Å². The molecule has 0 saturated carbocycles. The first-order valence-electron chi connectivity index (χ1n) is 2.17. The van der Waals surface area contributed by atoms with Crippen LogP contribution in [0.25, 0.3) is 0 Å². The van der Waals surface area contributed by atoms with Gasteiger partial charge in [0, 0.05) is 24.4 Å². The number of aliphatic carboxylic acids is 2. The molecule has 0 aromatic rings. The fourth-order valence-corrected chi connectivity index (χ4v) is 0.258. The summed E-state index contributed by atoms with van der Waals surface area (Å²) in [5.74, 6) is -2.44. The van der Waals surface area contributed by atoms with Gasteiger partial charge < -0.3 is 10.2 Å². The van der Waals surface area contributed by atoms with Crippen molar-refractivity contribution in [3.63, 3.8) is 0 Å². The molecule has 5 heteroatoms. The molecule has 0 aliphatic heterocycles. The second kappa shape index (κ2) is 5.09. The van der Waals surface area contributed by atoms with E-state index in [4.69, 9.17) is 10.2 Å². The molecule has 0 aliphatic carbocycles. The van der Waals surface area contributed by atoms with Crippen molar-refractivity contribution in [2.75, 3.05) is 0 Å². The molecule has 0 unspecified atom stereocenters. The van der Waals surface area contributed by atoms with Crippen molar-refractivity contribution < 1.29 is 19.8 Å². The van der Waals surface area contributed by atoms with Crippen LogP contribution in [0.3, 0.4) is 0 Å². The predicted octanol–water partition coefficient (Wildman–Crippen LogP) is -0.279. The molecule has 0 bridgehead atoms. The summed E-state index contributed by atoms with van der Waals surface area (Å²) >= 11 is 0. The van der Waals surface area contributed by atoms with Crippen LogP contribution in [-0.2, 0) is 9.59 Å². The van der Waals surface area contributed by atoms with Crippen molar-refractivity contribution >= 4 is 30.8 Å². The minimum absolute atomic E-state index is 0. The third kappa shape index (κ3) is 5.41. The minimum atomic E-state index is -1.27. The number of carboxylic acids is 2.